The molecule has 0 saturated heterocycles. The van der Waals surface area contributed by atoms with Gasteiger partial charge in [0.2, 0.25) is 0 Å². The Morgan fingerprint density at radius 1 is 0.338 bits per heavy atom. The summed E-state index contributed by atoms with van der Waals surface area (Å²) in [6.45, 7) is 32.5. The van der Waals surface area contributed by atoms with Crippen LogP contribution in [0.5, 0.6) is 0 Å². The largest absolute Gasteiger partial charge is 2.00 e. The van der Waals surface area contributed by atoms with E-state index in [0.717, 1.165) is 112 Å². The maximum atomic E-state index is 10.0. The van der Waals surface area contributed by atoms with E-state index >= 15 is 0 Å². The molecule has 19 heteroatoms. The zero-order valence-corrected chi connectivity index (χ0v) is 94.2. The number of allylic oxidation sites excluding steroid dienone is 6. The van der Waals surface area contributed by atoms with Crippen molar-refractivity contribution in [3.05, 3.63) is 456 Å². The predicted molar refractivity (Wildman–Crippen MR) is 595 cm³/mol. The molecule has 18 rings (SSSR count). The smallest absolute Gasteiger partial charge is 0.512 e. The third-order valence-corrected chi connectivity index (χ3v) is 22.4. The molecule has 145 heavy (non-hydrogen) atoms. The van der Waals surface area contributed by atoms with Crippen molar-refractivity contribution < 1.29 is 131 Å². The standard InChI is InChI=1S/C24H16N2.C20H22NSi.C19H18N.C17H14N.C15H10N.C11H8N.3C5H8O2.5CH4.4Ir.Pt/c1-2-10-20(11-3-1)22-13-4-5-15-24(22)26-18-19-9-8-12-21(17-19)23-14-6-7-16-25-23;1-14-10-15(2)12-17(11-14)20-8-6-16-13-18(22(3,4)5)7-9-19(16)21-20;1-12-5-6-17-15(4)11-18(20-19(17)10-12)16-8-13(2)7-14(3)9-16;1-12-6-5-8-14(10-12)17-13(2)16-9-4-3-7-15(16)11-18-17;1-2-6-12(7-3-1)15-10-13-8-4-5-9-14(13)11-16-15;1-2-6-10(7-3-1)11-8-4-5-9-12-11;3*1-4(6)3-5(2)7;;;;;;;;;;/h1-10,12-16,18H;6-11,13H,1-5H3;5-8,10-11H,1-4H3;3-7,9-11H,1-2H3;1-6,8-11H;1-6,8-9H;3*3,6H,1-2H3;5*1H4;;;;;/q-2;5*-1;;;;;;;;;;;;;+2. The summed E-state index contributed by atoms with van der Waals surface area (Å²) >= 11 is 0. The van der Waals surface area contributed by atoms with Crippen molar-refractivity contribution in [2.75, 3.05) is 0 Å². The molecule has 0 spiro atoms. The topological polar surface area (TPSA) is 202 Å². The van der Waals surface area contributed by atoms with Crippen molar-refractivity contribution in [2.45, 2.75) is 154 Å². The minimum Gasteiger partial charge on any atom is -0.512 e. The molecule has 18 aromatic rings. The molecule has 762 valence electrons. The first kappa shape index (κ1) is 132. The van der Waals surface area contributed by atoms with E-state index in [1.807, 2.05) is 188 Å². The summed E-state index contributed by atoms with van der Waals surface area (Å²) in [4.78, 5) is 62.0. The molecule has 0 atom stereocenters. The van der Waals surface area contributed by atoms with Crippen LogP contribution in [0.4, 0.5) is 5.69 Å². The van der Waals surface area contributed by atoms with E-state index in [1.165, 1.54) is 131 Å². The number of carbonyl (C=O) groups excluding carboxylic acids is 3. The molecule has 0 saturated carbocycles. The number of benzene rings is 12. The Kier molecular flexibility index (Phi) is 61.3. The van der Waals surface area contributed by atoms with Crippen LogP contribution in [0.2, 0.25) is 19.6 Å². The molecule has 6 aromatic heterocycles. The SMILES string of the molecule is C.C.C.C.C.CC(=O)C=C(C)O.CC(=O)C=C(C)O.CC(=O)C=C(C)O.Cc1[c-]c(-c2cc(C)c3ccc(C)cc3n2)cc(C)c1.Cc1[c-]c(-c2ccc3cc([Si](C)(C)C)ccc3n2)cc(C)c1.Cc1cc[c-]c(-c2ncc3ccccc3c2C)c1.[Ir].[Ir].[Ir].[Ir].[Pt+2].[c-]1c(C=Nc2ccccc2-c2[c-]cccc2)cccc1-c1ccccn1.[c-]1ccccc1-c1cc2ccccc2cn1.[c-]1ccccc1-c1ccccn1. The van der Waals surface area contributed by atoms with E-state index < -0.39 is 8.07 Å². The van der Waals surface area contributed by atoms with Gasteiger partial charge in [-0.1, -0.05) is 253 Å². The van der Waals surface area contributed by atoms with E-state index in [-0.39, 0.29) is 173 Å². The monoisotopic (exact) mass is 2830 g/mol. The molecule has 0 bridgehead atoms. The molecular formula is C126H132Ir4N7O6PtSi-5. The van der Waals surface area contributed by atoms with Gasteiger partial charge in [0.15, 0.2) is 17.3 Å². The second kappa shape index (κ2) is 67.1. The van der Waals surface area contributed by atoms with Gasteiger partial charge in [0, 0.05) is 140 Å². The molecule has 0 aliphatic carbocycles. The number of ketones is 3. The fraction of sp³-hybridized carbons (Fsp3) is 0.175. The Bertz CT molecular complexity index is 7040. The van der Waals surface area contributed by atoms with Gasteiger partial charge in [-0.3, -0.25) is 29.3 Å². The molecule has 4 radical (unpaired) electrons. The van der Waals surface area contributed by atoms with Crippen LogP contribution in [0.25, 0.3) is 122 Å². The van der Waals surface area contributed by atoms with Crippen LogP contribution in [0.15, 0.2) is 369 Å². The maximum absolute atomic E-state index is 10.0. The van der Waals surface area contributed by atoms with E-state index in [9.17, 15) is 14.4 Å². The van der Waals surface area contributed by atoms with Gasteiger partial charge in [0.1, 0.15) is 0 Å². The van der Waals surface area contributed by atoms with Crippen molar-refractivity contribution in [3.8, 4) is 78.7 Å². The predicted octanol–water partition coefficient (Wildman–Crippen LogP) is 32.4. The Morgan fingerprint density at radius 3 is 1.32 bits per heavy atom. The van der Waals surface area contributed by atoms with Gasteiger partial charge < -0.3 is 35.3 Å². The third-order valence-electron chi connectivity index (χ3n) is 20.3. The number of rotatable bonds is 13. The fourth-order valence-corrected chi connectivity index (χ4v) is 15.4. The number of fused-ring (bicyclic) bond motifs is 4. The molecule has 0 aliphatic heterocycles. The first-order valence-electron chi connectivity index (χ1n) is 44.3. The van der Waals surface area contributed by atoms with Crippen LogP contribution in [0.1, 0.15) is 129 Å². The number of aryl methyl sites for hydroxylation is 8. The van der Waals surface area contributed by atoms with Gasteiger partial charge >= 0.3 is 21.1 Å². The second-order valence-corrected chi connectivity index (χ2v) is 38.5. The van der Waals surface area contributed by atoms with Gasteiger partial charge in [-0.05, 0) is 165 Å². The summed E-state index contributed by atoms with van der Waals surface area (Å²) < 4.78 is 0. The zero-order valence-electron chi connectivity index (χ0n) is 81.3. The first-order chi connectivity index (χ1) is 64.8. The van der Waals surface area contributed by atoms with Crippen LogP contribution in [-0.4, -0.2) is 76.9 Å². The van der Waals surface area contributed by atoms with Crippen molar-refractivity contribution in [3.63, 3.8) is 0 Å². The van der Waals surface area contributed by atoms with E-state index in [1.54, 1.807) is 12.4 Å². The van der Waals surface area contributed by atoms with Crippen molar-refractivity contribution >= 4 is 85.9 Å². The van der Waals surface area contributed by atoms with Gasteiger partial charge in [0.25, 0.3) is 0 Å². The summed E-state index contributed by atoms with van der Waals surface area (Å²) in [5.41, 5.74) is 28.0. The number of hydrogen-bond acceptors (Lipinski definition) is 13. The molecule has 0 aliphatic rings. The summed E-state index contributed by atoms with van der Waals surface area (Å²) in [6.07, 6.45) is 12.8. The Hall–Kier alpha value is -12.6. The molecule has 12 aromatic carbocycles. The Balaban J connectivity index is 0.00000164. The minimum absolute atomic E-state index is 0. The molecular weight excluding hydrogens is 2700 g/mol. The molecule has 3 N–H and O–H groups in total. The van der Waals surface area contributed by atoms with Crippen molar-refractivity contribution in [1.82, 2.24) is 29.9 Å². The fourth-order valence-electron chi connectivity index (χ4n) is 14.2. The Morgan fingerprint density at radius 2 is 0.807 bits per heavy atom. The second-order valence-electron chi connectivity index (χ2n) is 33.5. The number of hydrogen-bond donors (Lipinski definition) is 3. The van der Waals surface area contributed by atoms with Gasteiger partial charge in [-0.15, -0.1) is 243 Å². The number of para-hydroxylation sites is 1. The summed E-state index contributed by atoms with van der Waals surface area (Å²) in [7, 11) is -1.28. The van der Waals surface area contributed by atoms with Gasteiger partial charge in [-0.2, -0.15) is 0 Å². The van der Waals surface area contributed by atoms with E-state index in [2.05, 4.69) is 271 Å². The average Bonchev–Trinajstić information content (AvgIpc) is 0.801. The normalized spacial score (nSPS) is 10.2. The first-order valence-corrected chi connectivity index (χ1v) is 47.8. The van der Waals surface area contributed by atoms with Crippen LogP contribution in [0.3, 0.4) is 0 Å². The molecule has 6 heterocycles. The number of aliphatic hydroxyl groups is 3. The maximum Gasteiger partial charge on any atom is 2.00 e. The van der Waals surface area contributed by atoms with Crippen molar-refractivity contribution in [1.29, 1.82) is 0 Å². The summed E-state index contributed by atoms with van der Waals surface area (Å²) in [5.74, 6) is -0.187. The number of aromatic nitrogens is 6. The van der Waals surface area contributed by atoms with Crippen LogP contribution < -0.4 is 5.19 Å². The number of aliphatic imine (C=N–C) groups is 1. The van der Waals surface area contributed by atoms with Gasteiger partial charge in [0.05, 0.1) is 36.4 Å². The third kappa shape index (κ3) is 43.7. The molecule has 0 amide bonds. The van der Waals surface area contributed by atoms with E-state index in [0.29, 0.717) is 0 Å². The Labute approximate surface area is 931 Å². The van der Waals surface area contributed by atoms with Crippen LogP contribution >= 0.6 is 0 Å². The number of carbonyl (C=O) groups is 3. The zero-order chi connectivity index (χ0) is 96.9. The number of pyridine rings is 6. The van der Waals surface area contributed by atoms with Gasteiger partial charge in [-0.25, -0.2) is 0 Å². The van der Waals surface area contributed by atoms with E-state index in [4.69, 9.17) is 30.3 Å². The van der Waals surface area contributed by atoms with Crippen molar-refractivity contribution in [2.24, 2.45) is 4.99 Å². The van der Waals surface area contributed by atoms with Crippen LogP contribution in [0, 0.1) is 97.9 Å². The quantitative estimate of drug-likeness (QED) is 0.0325. The van der Waals surface area contributed by atoms with Crippen LogP contribution in [-0.2, 0) is 116 Å². The summed E-state index contributed by atoms with van der Waals surface area (Å²) in [6, 6.07) is 126. The number of nitrogens with zero attached hydrogens (tertiary/aromatic N) is 7. The average molecular weight is 2830 g/mol. The molecule has 13 nitrogen and oxygen atoms in total. The minimum atomic E-state index is -1.28. The number of aliphatic hydroxyl groups excluding tert-OH is 3. The summed E-state index contributed by atoms with van der Waals surface area (Å²) in [5, 5.41) is 33.9. The molecule has 0 unspecified atom stereocenters. The molecule has 0 fully saturated rings.